The van der Waals surface area contributed by atoms with E-state index < -0.39 is 28.4 Å². The van der Waals surface area contributed by atoms with Gasteiger partial charge in [0.2, 0.25) is 5.78 Å². The van der Waals surface area contributed by atoms with Crippen LogP contribution in [0.3, 0.4) is 0 Å². The van der Waals surface area contributed by atoms with Crippen LogP contribution in [0.25, 0.3) is 22.1 Å². The number of carbonyl (C=O) groups excluding carboxylic acids is 1. The molecule has 8 heteroatoms. The van der Waals surface area contributed by atoms with Crippen LogP contribution in [-0.4, -0.2) is 16.9 Å². The van der Waals surface area contributed by atoms with Gasteiger partial charge >= 0.3 is 5.97 Å². The molecule has 0 amide bonds. The summed E-state index contributed by atoms with van der Waals surface area (Å²) in [5.41, 5.74) is 0.0472. The molecular weight excluding hydrogens is 422 g/mol. The molecule has 0 aliphatic rings. The highest BCUT2D eigenvalue weighted by Gasteiger charge is 2.25. The molecule has 4 nitrogen and oxygen atoms in total. The van der Waals surface area contributed by atoms with Crippen LogP contribution in [0.4, 0.5) is 8.78 Å². The highest BCUT2D eigenvalue weighted by atomic mass is 35.5. The van der Waals surface area contributed by atoms with Crippen molar-refractivity contribution < 1.29 is 27.9 Å². The minimum absolute atomic E-state index is 0.0111. The fourth-order valence-electron chi connectivity index (χ4n) is 3.04. The smallest absolute Gasteiger partial charge is 0.337 e. The second-order valence-corrected chi connectivity index (χ2v) is 7.62. The highest BCUT2D eigenvalue weighted by Crippen LogP contribution is 2.36. The fourth-order valence-corrected chi connectivity index (χ4v) is 4.23. The number of benzene rings is 2. The van der Waals surface area contributed by atoms with Crippen LogP contribution in [0.1, 0.15) is 25.8 Å². The number of fused-ring (bicyclic) bond motifs is 1. The number of aromatic carboxylic acids is 1. The monoisotopic (exact) mass is 432 g/mol. The van der Waals surface area contributed by atoms with Crippen molar-refractivity contribution in [3.8, 4) is 11.1 Å². The first-order chi connectivity index (χ1) is 13.8. The number of hydrogen-bond donors (Lipinski definition) is 1. The molecule has 0 saturated carbocycles. The van der Waals surface area contributed by atoms with Gasteiger partial charge in [-0.2, -0.15) is 0 Å². The molecule has 2 aromatic heterocycles. The Morgan fingerprint density at radius 2 is 1.83 bits per heavy atom. The normalized spacial score (nSPS) is 11.1. The van der Waals surface area contributed by atoms with Crippen LogP contribution in [0.5, 0.6) is 0 Å². The minimum atomic E-state index is -1.34. The van der Waals surface area contributed by atoms with E-state index in [4.69, 9.17) is 16.0 Å². The van der Waals surface area contributed by atoms with E-state index in [-0.39, 0.29) is 33.7 Å². The Hall–Kier alpha value is -3.03. The van der Waals surface area contributed by atoms with E-state index in [1.807, 2.05) is 0 Å². The first-order valence-electron chi connectivity index (χ1n) is 8.35. The van der Waals surface area contributed by atoms with Gasteiger partial charge in [0.25, 0.3) is 0 Å². The highest BCUT2D eigenvalue weighted by molar-refractivity contribution is 7.11. The lowest BCUT2D eigenvalue weighted by Gasteiger charge is -2.06. The maximum absolute atomic E-state index is 14.3. The van der Waals surface area contributed by atoms with Crippen molar-refractivity contribution in [2.75, 3.05) is 0 Å². The first-order valence-corrected chi connectivity index (χ1v) is 9.61. The molecule has 0 radical (unpaired) electrons. The summed E-state index contributed by atoms with van der Waals surface area (Å²) in [4.78, 5) is 24.7. The standard InChI is InChI=1S/C21H11ClF2O4S/c22-13-7-14(23)11(6-15(13)24)12-9-29-19(20(12)21(26)27)8-16(25)18-5-10-3-1-2-4-17(10)28-18/h1-7,9H,8H2,(H,26,27). The molecule has 146 valence electrons. The first kappa shape index (κ1) is 19.3. The second-order valence-electron chi connectivity index (χ2n) is 6.25. The number of carboxylic acids is 1. The van der Waals surface area contributed by atoms with Crippen molar-refractivity contribution >= 4 is 45.7 Å². The number of carbonyl (C=O) groups is 2. The molecule has 4 aromatic rings. The number of carboxylic acid groups (broad SMARTS) is 1. The lowest BCUT2D eigenvalue weighted by atomic mass is 10.0. The van der Waals surface area contributed by atoms with E-state index >= 15 is 0 Å². The van der Waals surface area contributed by atoms with E-state index in [2.05, 4.69) is 0 Å². The summed E-state index contributed by atoms with van der Waals surface area (Å²) >= 11 is 6.55. The van der Waals surface area contributed by atoms with Crippen LogP contribution in [-0.2, 0) is 6.42 Å². The molecular formula is C21H11ClF2O4S. The van der Waals surface area contributed by atoms with Gasteiger partial charge in [-0.15, -0.1) is 11.3 Å². The Kier molecular flexibility index (Phi) is 4.94. The summed E-state index contributed by atoms with van der Waals surface area (Å²) in [6, 6.07) is 10.3. The van der Waals surface area contributed by atoms with Crippen molar-refractivity contribution in [3.63, 3.8) is 0 Å². The Morgan fingerprint density at radius 3 is 2.55 bits per heavy atom. The Labute approximate surface area is 172 Å². The number of Topliss-reactive ketones (excluding diaryl/α,β-unsaturated/α-hetero) is 1. The van der Waals surface area contributed by atoms with Crippen LogP contribution in [0.15, 0.2) is 52.3 Å². The van der Waals surface area contributed by atoms with Gasteiger partial charge < -0.3 is 9.52 Å². The predicted octanol–water partition coefficient (Wildman–Crippen LogP) is 6.22. The summed E-state index contributed by atoms with van der Waals surface area (Å²) in [5.74, 6) is -3.39. The van der Waals surface area contributed by atoms with E-state index in [0.29, 0.717) is 5.58 Å². The van der Waals surface area contributed by atoms with Gasteiger partial charge in [-0.1, -0.05) is 29.8 Å². The molecule has 0 aliphatic carbocycles. The lowest BCUT2D eigenvalue weighted by molar-refractivity contribution is 0.0697. The molecule has 0 spiro atoms. The summed E-state index contributed by atoms with van der Waals surface area (Å²) in [6.07, 6.45) is -0.246. The molecule has 0 bridgehead atoms. The number of hydrogen-bond acceptors (Lipinski definition) is 4. The number of thiophene rings is 1. The topological polar surface area (TPSA) is 67.5 Å². The van der Waals surface area contributed by atoms with Crippen molar-refractivity contribution in [1.29, 1.82) is 0 Å². The number of ketones is 1. The van der Waals surface area contributed by atoms with Gasteiger partial charge in [0.05, 0.1) is 10.6 Å². The second kappa shape index (κ2) is 7.42. The molecule has 29 heavy (non-hydrogen) atoms. The molecule has 1 N–H and O–H groups in total. The maximum atomic E-state index is 14.3. The Morgan fingerprint density at radius 1 is 1.07 bits per heavy atom. The predicted molar refractivity (Wildman–Crippen MR) is 106 cm³/mol. The van der Waals surface area contributed by atoms with Crippen LogP contribution < -0.4 is 0 Å². The van der Waals surface area contributed by atoms with Gasteiger partial charge in [0.15, 0.2) is 5.76 Å². The number of furan rings is 1. The molecule has 0 aliphatic heterocycles. The number of para-hydroxylation sites is 1. The zero-order valence-corrected chi connectivity index (χ0v) is 16.1. The molecule has 2 heterocycles. The quantitative estimate of drug-likeness (QED) is 0.300. The van der Waals surface area contributed by atoms with E-state index in [0.717, 1.165) is 28.9 Å². The zero-order chi connectivity index (χ0) is 20.7. The van der Waals surface area contributed by atoms with Gasteiger partial charge in [-0.25, -0.2) is 13.6 Å². The van der Waals surface area contributed by atoms with E-state index in [1.54, 1.807) is 30.3 Å². The van der Waals surface area contributed by atoms with Crippen LogP contribution in [0.2, 0.25) is 5.02 Å². The summed E-state index contributed by atoms with van der Waals surface area (Å²) in [6.45, 7) is 0. The Bertz CT molecular complexity index is 1240. The molecule has 0 atom stereocenters. The fraction of sp³-hybridized carbons (Fsp3) is 0.0476. The molecule has 0 unspecified atom stereocenters. The number of rotatable bonds is 5. The van der Waals surface area contributed by atoms with E-state index in [1.165, 1.54) is 5.38 Å². The number of halogens is 3. The van der Waals surface area contributed by atoms with Crippen molar-refractivity contribution in [3.05, 3.63) is 80.7 Å². The summed E-state index contributed by atoms with van der Waals surface area (Å²) in [7, 11) is 0. The molecule has 2 aromatic carbocycles. The van der Waals surface area contributed by atoms with Crippen LogP contribution >= 0.6 is 22.9 Å². The average molecular weight is 433 g/mol. The summed E-state index contributed by atoms with van der Waals surface area (Å²) in [5, 5.41) is 11.4. The average Bonchev–Trinajstić information content (AvgIpc) is 3.28. The lowest BCUT2D eigenvalue weighted by Crippen LogP contribution is -2.07. The molecule has 0 saturated heterocycles. The third-order valence-corrected chi connectivity index (χ3v) is 5.68. The van der Waals surface area contributed by atoms with Gasteiger partial charge in [-0.3, -0.25) is 4.79 Å². The van der Waals surface area contributed by atoms with Gasteiger partial charge in [-0.05, 0) is 29.6 Å². The van der Waals surface area contributed by atoms with Crippen LogP contribution in [0, 0.1) is 11.6 Å². The third-order valence-electron chi connectivity index (χ3n) is 4.40. The molecule has 0 fully saturated rings. The largest absolute Gasteiger partial charge is 0.478 e. The SMILES string of the molecule is O=C(Cc1scc(-c2cc(F)c(Cl)cc2F)c1C(=O)O)c1cc2ccccc2o1. The van der Waals surface area contributed by atoms with Gasteiger partial charge in [0.1, 0.15) is 17.2 Å². The third kappa shape index (κ3) is 3.54. The zero-order valence-electron chi connectivity index (χ0n) is 14.5. The van der Waals surface area contributed by atoms with Gasteiger partial charge in [0, 0.05) is 27.8 Å². The maximum Gasteiger partial charge on any atom is 0.337 e. The van der Waals surface area contributed by atoms with Crippen molar-refractivity contribution in [2.45, 2.75) is 6.42 Å². The molecule has 4 rings (SSSR count). The Balaban J connectivity index is 1.73. The minimum Gasteiger partial charge on any atom is -0.478 e. The van der Waals surface area contributed by atoms with Crippen molar-refractivity contribution in [1.82, 2.24) is 0 Å². The summed E-state index contributed by atoms with van der Waals surface area (Å²) < 4.78 is 33.6. The van der Waals surface area contributed by atoms with E-state index in [9.17, 15) is 23.5 Å². The van der Waals surface area contributed by atoms with Crippen molar-refractivity contribution in [2.24, 2.45) is 0 Å².